The molecule has 3 N–H and O–H groups in total. The Morgan fingerprint density at radius 2 is 1.71 bits per heavy atom. The second kappa shape index (κ2) is 11.0. The van der Waals surface area contributed by atoms with E-state index in [4.69, 9.17) is 15.2 Å². The fourth-order valence-electron chi connectivity index (χ4n) is 4.50. The Kier molecular flexibility index (Phi) is 7.26. The summed E-state index contributed by atoms with van der Waals surface area (Å²) in [5.74, 6) is -0.195. The summed E-state index contributed by atoms with van der Waals surface area (Å²) in [6, 6.07) is 18.4. The van der Waals surface area contributed by atoms with Gasteiger partial charge < -0.3 is 20.5 Å². The summed E-state index contributed by atoms with van der Waals surface area (Å²) in [5, 5.41) is 2.78. The normalized spacial score (nSPS) is 10.9. The van der Waals surface area contributed by atoms with Gasteiger partial charge in [-0.2, -0.15) is 0 Å². The van der Waals surface area contributed by atoms with Crippen LogP contribution in [0.1, 0.15) is 16.1 Å². The number of nitrogens with two attached hydrogens (primary N) is 1. The van der Waals surface area contributed by atoms with Crippen LogP contribution in [0.25, 0.3) is 28.2 Å². The number of benzene rings is 3. The molecule has 208 valence electrons. The van der Waals surface area contributed by atoms with Crippen molar-refractivity contribution in [3.8, 4) is 39.7 Å². The Morgan fingerprint density at radius 3 is 2.37 bits per heavy atom. The van der Waals surface area contributed by atoms with Crippen molar-refractivity contribution in [1.29, 1.82) is 0 Å². The van der Waals surface area contributed by atoms with E-state index in [2.05, 4.69) is 15.3 Å². The molecule has 0 saturated carbocycles. The van der Waals surface area contributed by atoms with Gasteiger partial charge in [0.2, 0.25) is 0 Å². The van der Waals surface area contributed by atoms with E-state index in [9.17, 15) is 14.0 Å². The van der Waals surface area contributed by atoms with Gasteiger partial charge >= 0.3 is 0 Å². The predicted molar refractivity (Wildman–Crippen MR) is 154 cm³/mol. The number of rotatable bonds is 7. The zero-order valence-electron chi connectivity index (χ0n) is 22.8. The van der Waals surface area contributed by atoms with Gasteiger partial charge in [-0.25, -0.2) is 19.0 Å². The Labute approximate surface area is 234 Å². The third-order valence-electron chi connectivity index (χ3n) is 6.77. The van der Waals surface area contributed by atoms with Crippen LogP contribution < -0.4 is 26.1 Å². The first-order chi connectivity index (χ1) is 19.7. The van der Waals surface area contributed by atoms with Crippen LogP contribution >= 0.6 is 0 Å². The van der Waals surface area contributed by atoms with Crippen LogP contribution in [0.15, 0.2) is 77.7 Å². The lowest BCUT2D eigenvalue weighted by molar-refractivity contribution is 0.102. The van der Waals surface area contributed by atoms with Gasteiger partial charge in [-0.15, -0.1) is 0 Å². The molecular weight excluding hydrogens is 527 g/mol. The lowest BCUT2D eigenvalue weighted by Gasteiger charge is -2.10. The van der Waals surface area contributed by atoms with E-state index in [-0.39, 0.29) is 28.4 Å². The molecule has 11 heteroatoms. The molecule has 0 aliphatic rings. The van der Waals surface area contributed by atoms with Crippen LogP contribution in [0.3, 0.4) is 0 Å². The molecule has 0 fully saturated rings. The van der Waals surface area contributed by atoms with Crippen LogP contribution in [-0.2, 0) is 7.05 Å². The number of nitrogens with zero attached hydrogens (tertiary/aromatic N) is 4. The minimum Gasteiger partial charge on any atom is -0.497 e. The fraction of sp³-hybridized carbons (Fsp3) is 0.133. The molecule has 5 aromatic rings. The molecule has 1 amide bonds. The first kappa shape index (κ1) is 27.1. The maximum atomic E-state index is 14.8. The summed E-state index contributed by atoms with van der Waals surface area (Å²) >= 11 is 0. The second-order valence-corrected chi connectivity index (χ2v) is 9.14. The predicted octanol–water partition coefficient (Wildman–Crippen LogP) is 4.60. The molecule has 0 bridgehead atoms. The van der Waals surface area contributed by atoms with Gasteiger partial charge in [0.1, 0.15) is 22.8 Å². The van der Waals surface area contributed by atoms with Crippen LogP contribution in [0.2, 0.25) is 0 Å². The molecule has 0 radical (unpaired) electrons. The third kappa shape index (κ3) is 5.00. The molecule has 0 unspecified atom stereocenters. The Hall–Kier alpha value is -5.45. The zero-order valence-corrected chi connectivity index (χ0v) is 22.8. The number of nitrogen functional groups attached to an aromatic ring is 1. The number of anilines is 2. The molecule has 10 nitrogen and oxygen atoms in total. The Morgan fingerprint density at radius 1 is 1.00 bits per heavy atom. The summed E-state index contributed by atoms with van der Waals surface area (Å²) < 4.78 is 28.1. The topological polar surface area (TPSA) is 126 Å². The molecule has 5 rings (SSSR count). The van der Waals surface area contributed by atoms with Gasteiger partial charge in [-0.1, -0.05) is 18.2 Å². The Bertz CT molecular complexity index is 1810. The summed E-state index contributed by atoms with van der Waals surface area (Å²) in [5.41, 5.74) is 8.69. The maximum Gasteiger partial charge on any atom is 0.284 e. The van der Waals surface area contributed by atoms with Gasteiger partial charge in [0.05, 0.1) is 37.5 Å². The molecule has 2 aromatic heterocycles. The van der Waals surface area contributed by atoms with Crippen molar-refractivity contribution in [2.24, 2.45) is 7.05 Å². The highest BCUT2D eigenvalue weighted by atomic mass is 19.1. The van der Waals surface area contributed by atoms with E-state index in [1.165, 1.54) is 24.1 Å². The van der Waals surface area contributed by atoms with Crippen molar-refractivity contribution in [3.63, 3.8) is 0 Å². The molecule has 0 atom stereocenters. The number of amides is 1. The van der Waals surface area contributed by atoms with Gasteiger partial charge in [0.15, 0.2) is 11.6 Å². The van der Waals surface area contributed by atoms with Gasteiger partial charge in [-0.05, 0) is 55.5 Å². The van der Waals surface area contributed by atoms with Gasteiger partial charge in [-0.3, -0.25) is 14.3 Å². The van der Waals surface area contributed by atoms with Crippen molar-refractivity contribution < 1.29 is 18.7 Å². The first-order valence-electron chi connectivity index (χ1n) is 12.5. The third-order valence-corrected chi connectivity index (χ3v) is 6.77. The van der Waals surface area contributed by atoms with E-state index in [0.717, 1.165) is 0 Å². The second-order valence-electron chi connectivity index (χ2n) is 9.14. The number of methoxy groups -OCH3 is 2. The molecule has 41 heavy (non-hydrogen) atoms. The minimum absolute atomic E-state index is 0.0236. The zero-order chi connectivity index (χ0) is 29.3. The van der Waals surface area contributed by atoms with Crippen LogP contribution in [-0.4, -0.2) is 39.5 Å². The largest absolute Gasteiger partial charge is 0.497 e. The van der Waals surface area contributed by atoms with Crippen LogP contribution in [0.5, 0.6) is 11.5 Å². The Balaban J connectivity index is 1.41. The maximum absolute atomic E-state index is 14.8. The number of hydrogen-bond donors (Lipinski definition) is 2. The highest BCUT2D eigenvalue weighted by molar-refractivity contribution is 6.05. The van der Waals surface area contributed by atoms with E-state index in [0.29, 0.717) is 34.1 Å². The summed E-state index contributed by atoms with van der Waals surface area (Å²) in [7, 11) is 4.66. The van der Waals surface area contributed by atoms with Crippen molar-refractivity contribution >= 4 is 17.4 Å². The molecular formula is C30H27FN6O4. The SMILES string of the molecule is COc1ccc(-n2c(=O)c(C(=O)Nc3ccc(-c4nc(-c5cccc(OC)c5F)cnc4N)cc3)c(C)n2C)cc1. The molecule has 0 aliphatic carbocycles. The first-order valence-corrected chi connectivity index (χ1v) is 12.5. The molecule has 0 aliphatic heterocycles. The number of carbonyl (C=O) groups excluding carboxylic acids is 1. The summed E-state index contributed by atoms with van der Waals surface area (Å²) in [6.45, 7) is 1.71. The highest BCUT2D eigenvalue weighted by Crippen LogP contribution is 2.31. The number of carbonyl (C=O) groups is 1. The van der Waals surface area contributed by atoms with E-state index in [1.54, 1.807) is 86.4 Å². The summed E-state index contributed by atoms with van der Waals surface area (Å²) in [4.78, 5) is 35.2. The fourth-order valence-corrected chi connectivity index (χ4v) is 4.50. The average molecular weight is 555 g/mol. The molecule has 0 saturated heterocycles. The molecule has 3 aromatic carbocycles. The number of aromatic nitrogens is 4. The molecule has 0 spiro atoms. The van der Waals surface area contributed by atoms with Gasteiger partial charge in [0, 0.05) is 23.9 Å². The highest BCUT2D eigenvalue weighted by Gasteiger charge is 2.22. The number of ether oxygens (including phenoxy) is 2. The number of halogens is 1. The monoisotopic (exact) mass is 554 g/mol. The quantitative estimate of drug-likeness (QED) is 0.301. The standard InChI is InChI=1S/C30H27FN6O4/c1-17-25(30(39)37(36(17)2)20-12-14-21(40-3)15-13-20)29(38)34-19-10-8-18(9-11-19)27-28(32)33-16-23(35-27)22-6-5-7-24(41-4)26(22)31/h5-16H,1-4H3,(H2,32,33)(H,34,38). The smallest absolute Gasteiger partial charge is 0.284 e. The van der Waals surface area contributed by atoms with Gasteiger partial charge in [0.25, 0.3) is 11.5 Å². The van der Waals surface area contributed by atoms with Crippen LogP contribution in [0, 0.1) is 12.7 Å². The van der Waals surface area contributed by atoms with E-state index < -0.39 is 17.3 Å². The lowest BCUT2D eigenvalue weighted by Crippen LogP contribution is -2.25. The average Bonchev–Trinajstić information content (AvgIpc) is 3.21. The van der Waals surface area contributed by atoms with E-state index >= 15 is 0 Å². The van der Waals surface area contributed by atoms with Crippen molar-refractivity contribution in [3.05, 3.63) is 100 Å². The molecule has 2 heterocycles. The van der Waals surface area contributed by atoms with E-state index in [1.807, 2.05) is 0 Å². The lowest BCUT2D eigenvalue weighted by atomic mass is 10.1. The van der Waals surface area contributed by atoms with Crippen molar-refractivity contribution in [2.45, 2.75) is 6.92 Å². The van der Waals surface area contributed by atoms with Crippen molar-refractivity contribution in [2.75, 3.05) is 25.3 Å². The minimum atomic E-state index is -0.555. The number of nitrogens with one attached hydrogen (secondary N) is 1. The summed E-state index contributed by atoms with van der Waals surface area (Å²) in [6.07, 6.45) is 1.40. The van der Waals surface area contributed by atoms with Crippen LogP contribution in [0.4, 0.5) is 15.9 Å². The number of hydrogen-bond acceptors (Lipinski definition) is 7. The van der Waals surface area contributed by atoms with Crippen molar-refractivity contribution in [1.82, 2.24) is 19.3 Å².